The van der Waals surface area contributed by atoms with Gasteiger partial charge in [0.2, 0.25) is 0 Å². The Morgan fingerprint density at radius 3 is 2.68 bits per heavy atom. The van der Waals surface area contributed by atoms with Gasteiger partial charge in [-0.15, -0.1) is 0 Å². The molecule has 0 N–H and O–H groups in total. The van der Waals surface area contributed by atoms with Crippen LogP contribution < -0.4 is 0 Å². The van der Waals surface area contributed by atoms with Gasteiger partial charge in [-0.1, -0.05) is 49.8 Å². The second-order valence-corrected chi connectivity index (χ2v) is 6.82. The van der Waals surface area contributed by atoms with Crippen molar-refractivity contribution in [2.75, 3.05) is 0 Å². The first-order chi connectivity index (χ1) is 10.6. The van der Waals surface area contributed by atoms with Crippen molar-refractivity contribution in [3.8, 4) is 5.69 Å². The zero-order chi connectivity index (χ0) is 15.6. The normalized spacial score (nSPS) is 21.0. The van der Waals surface area contributed by atoms with Gasteiger partial charge in [-0.05, 0) is 49.5 Å². The van der Waals surface area contributed by atoms with Gasteiger partial charge in [0.25, 0.3) is 0 Å². The number of allylic oxidation sites excluding steroid dienone is 3. The standard InChI is InChI=1S/C20H24N2/c1-16-8-7-14-20(2,3)19(16)12-11-18-13-15-21-22(18)17-9-5-4-6-10-17/h4-6,8-13,15,19H,7,14H2,1-3H3/b12-11+. The van der Waals surface area contributed by atoms with E-state index in [1.165, 1.54) is 18.4 Å². The number of hydrogen-bond acceptors (Lipinski definition) is 1. The van der Waals surface area contributed by atoms with E-state index in [4.69, 9.17) is 0 Å². The summed E-state index contributed by atoms with van der Waals surface area (Å²) >= 11 is 0. The van der Waals surface area contributed by atoms with Crippen LogP contribution in [-0.2, 0) is 0 Å². The molecule has 2 aromatic rings. The van der Waals surface area contributed by atoms with Gasteiger partial charge in [0.15, 0.2) is 0 Å². The molecular weight excluding hydrogens is 268 g/mol. The summed E-state index contributed by atoms with van der Waals surface area (Å²) in [5.74, 6) is 0.500. The molecule has 114 valence electrons. The molecule has 1 atom stereocenters. The highest BCUT2D eigenvalue weighted by Crippen LogP contribution is 2.41. The molecule has 0 saturated heterocycles. The van der Waals surface area contributed by atoms with Crippen molar-refractivity contribution >= 4 is 6.08 Å². The third-order valence-electron chi connectivity index (χ3n) is 4.72. The van der Waals surface area contributed by atoms with Crippen LogP contribution in [0.25, 0.3) is 11.8 Å². The van der Waals surface area contributed by atoms with Crippen molar-refractivity contribution in [3.05, 3.63) is 66.0 Å². The second-order valence-electron chi connectivity index (χ2n) is 6.82. The highest BCUT2D eigenvalue weighted by atomic mass is 15.3. The maximum absolute atomic E-state index is 4.46. The molecular formula is C20H24N2. The molecule has 0 amide bonds. The van der Waals surface area contributed by atoms with Gasteiger partial charge in [-0.25, -0.2) is 4.68 Å². The molecule has 0 bridgehead atoms. The largest absolute Gasteiger partial charge is 0.234 e. The minimum Gasteiger partial charge on any atom is -0.234 e. The number of aromatic nitrogens is 2. The van der Waals surface area contributed by atoms with Crippen LogP contribution in [0.3, 0.4) is 0 Å². The summed E-state index contributed by atoms with van der Waals surface area (Å²) in [6.07, 6.45) is 11.3. The summed E-state index contributed by atoms with van der Waals surface area (Å²) in [6, 6.07) is 12.4. The smallest absolute Gasteiger partial charge is 0.0665 e. The van der Waals surface area contributed by atoms with Crippen LogP contribution >= 0.6 is 0 Å². The van der Waals surface area contributed by atoms with Crippen LogP contribution in [-0.4, -0.2) is 9.78 Å². The van der Waals surface area contributed by atoms with Crippen molar-refractivity contribution in [3.63, 3.8) is 0 Å². The van der Waals surface area contributed by atoms with Gasteiger partial charge in [0, 0.05) is 5.92 Å². The van der Waals surface area contributed by atoms with Gasteiger partial charge < -0.3 is 0 Å². The maximum Gasteiger partial charge on any atom is 0.0665 e. The number of hydrogen-bond donors (Lipinski definition) is 0. The highest BCUT2D eigenvalue weighted by molar-refractivity contribution is 5.50. The molecule has 2 nitrogen and oxygen atoms in total. The van der Waals surface area contributed by atoms with E-state index < -0.39 is 0 Å². The fourth-order valence-electron chi connectivity index (χ4n) is 3.40. The number of benzene rings is 1. The fourth-order valence-corrected chi connectivity index (χ4v) is 3.40. The maximum atomic E-state index is 4.46. The Hall–Kier alpha value is -2.09. The zero-order valence-electron chi connectivity index (χ0n) is 13.7. The third-order valence-corrected chi connectivity index (χ3v) is 4.72. The summed E-state index contributed by atoms with van der Waals surface area (Å²) in [5, 5.41) is 4.46. The van der Waals surface area contributed by atoms with Crippen LogP contribution in [0.2, 0.25) is 0 Å². The summed E-state index contributed by atoms with van der Waals surface area (Å²) in [5.41, 5.74) is 4.04. The SMILES string of the molecule is CC1=CCCC(C)(C)C1/C=C/c1ccnn1-c1ccccc1. The first-order valence-electron chi connectivity index (χ1n) is 8.02. The van der Waals surface area contributed by atoms with Crippen molar-refractivity contribution in [2.24, 2.45) is 11.3 Å². The van der Waals surface area contributed by atoms with Crippen molar-refractivity contribution in [2.45, 2.75) is 33.6 Å². The van der Waals surface area contributed by atoms with Crippen molar-refractivity contribution in [1.29, 1.82) is 0 Å². The minimum absolute atomic E-state index is 0.326. The Kier molecular flexibility index (Phi) is 4.02. The molecule has 1 aliphatic carbocycles. The second kappa shape index (κ2) is 5.96. The van der Waals surface area contributed by atoms with Gasteiger partial charge in [0.05, 0.1) is 17.6 Å². The quantitative estimate of drug-likeness (QED) is 0.705. The monoisotopic (exact) mass is 292 g/mol. The average molecular weight is 292 g/mol. The molecule has 1 aliphatic rings. The predicted molar refractivity (Wildman–Crippen MR) is 92.9 cm³/mol. The molecule has 0 saturated carbocycles. The van der Waals surface area contributed by atoms with Crippen LogP contribution in [0, 0.1) is 11.3 Å². The minimum atomic E-state index is 0.326. The van der Waals surface area contributed by atoms with E-state index in [9.17, 15) is 0 Å². The molecule has 1 heterocycles. The third kappa shape index (κ3) is 2.92. The molecule has 1 aromatic carbocycles. The first kappa shape index (κ1) is 14.8. The number of para-hydroxylation sites is 1. The summed E-state index contributed by atoms with van der Waals surface area (Å²) in [4.78, 5) is 0. The molecule has 0 aliphatic heterocycles. The number of nitrogens with zero attached hydrogens (tertiary/aromatic N) is 2. The highest BCUT2D eigenvalue weighted by Gasteiger charge is 2.30. The molecule has 22 heavy (non-hydrogen) atoms. The molecule has 1 aromatic heterocycles. The molecule has 0 spiro atoms. The molecule has 0 radical (unpaired) electrons. The fraction of sp³-hybridized carbons (Fsp3) is 0.350. The van der Waals surface area contributed by atoms with E-state index in [2.05, 4.69) is 62.3 Å². The van der Waals surface area contributed by atoms with E-state index in [1.807, 2.05) is 29.1 Å². The Bertz CT molecular complexity index is 690. The van der Waals surface area contributed by atoms with Crippen molar-refractivity contribution < 1.29 is 0 Å². The van der Waals surface area contributed by atoms with E-state index in [0.29, 0.717) is 11.3 Å². The van der Waals surface area contributed by atoms with Crippen molar-refractivity contribution in [1.82, 2.24) is 9.78 Å². The van der Waals surface area contributed by atoms with Gasteiger partial charge in [-0.2, -0.15) is 5.10 Å². The zero-order valence-corrected chi connectivity index (χ0v) is 13.7. The molecule has 0 fully saturated rings. The lowest BCUT2D eigenvalue weighted by molar-refractivity contribution is 0.256. The lowest BCUT2D eigenvalue weighted by Crippen LogP contribution is -2.26. The van der Waals surface area contributed by atoms with Gasteiger partial charge >= 0.3 is 0 Å². The first-order valence-corrected chi connectivity index (χ1v) is 8.02. The molecule has 2 heteroatoms. The van der Waals surface area contributed by atoms with Crippen LogP contribution in [0.4, 0.5) is 0 Å². The van der Waals surface area contributed by atoms with Crippen LogP contribution in [0.5, 0.6) is 0 Å². The van der Waals surface area contributed by atoms with Gasteiger partial charge in [-0.3, -0.25) is 0 Å². The Morgan fingerprint density at radius 2 is 1.95 bits per heavy atom. The molecule has 1 unspecified atom stereocenters. The van der Waals surface area contributed by atoms with E-state index >= 15 is 0 Å². The van der Waals surface area contributed by atoms with E-state index in [0.717, 1.165) is 11.4 Å². The van der Waals surface area contributed by atoms with Gasteiger partial charge in [0.1, 0.15) is 0 Å². The lowest BCUT2D eigenvalue weighted by Gasteiger charge is -2.36. The summed E-state index contributed by atoms with van der Waals surface area (Å²) in [7, 11) is 0. The number of rotatable bonds is 3. The summed E-state index contributed by atoms with van der Waals surface area (Å²) in [6.45, 7) is 6.99. The predicted octanol–water partition coefficient (Wildman–Crippen LogP) is 5.27. The summed E-state index contributed by atoms with van der Waals surface area (Å²) < 4.78 is 1.99. The Morgan fingerprint density at radius 1 is 1.18 bits per heavy atom. The Labute approximate surface area is 133 Å². The average Bonchev–Trinajstić information content (AvgIpc) is 2.95. The van der Waals surface area contributed by atoms with E-state index in [-0.39, 0.29) is 0 Å². The lowest BCUT2D eigenvalue weighted by atomic mass is 9.68. The molecule has 3 rings (SSSR count). The van der Waals surface area contributed by atoms with Crippen LogP contribution in [0.15, 0.2) is 60.3 Å². The van der Waals surface area contributed by atoms with Crippen LogP contribution in [0.1, 0.15) is 39.3 Å². The topological polar surface area (TPSA) is 17.8 Å². The Balaban J connectivity index is 1.90. The van der Waals surface area contributed by atoms with E-state index in [1.54, 1.807) is 0 Å².